The molecule has 0 radical (unpaired) electrons. The molecule has 0 unspecified atom stereocenters. The van der Waals surface area contributed by atoms with Gasteiger partial charge in [-0.2, -0.15) is 0 Å². The predicted molar refractivity (Wildman–Crippen MR) is 63.1 cm³/mol. The molecule has 3 rings (SSSR count). The van der Waals surface area contributed by atoms with E-state index in [1.807, 2.05) is 6.08 Å². The molecule has 84 valence electrons. The molecule has 1 heterocycles. The number of nitrogens with zero attached hydrogens (tertiary/aromatic N) is 2. The highest BCUT2D eigenvalue weighted by atomic mass is 16.6. The summed E-state index contributed by atoms with van der Waals surface area (Å²) in [6.07, 6.45) is 3.83. The second kappa shape index (κ2) is 3.28. The summed E-state index contributed by atoms with van der Waals surface area (Å²) in [6, 6.07) is 4.57. The number of hydrogen-bond acceptors (Lipinski definition) is 4. The molecular weight excluding hydrogens is 220 g/mol. The highest BCUT2D eigenvalue weighted by molar-refractivity contribution is 5.95. The SMILES string of the molecule is O=[N+]([O-])C1=C2CC(=CC=N2)c2cc(O)ccc21. The van der Waals surface area contributed by atoms with Crippen LogP contribution in [0.4, 0.5) is 0 Å². The van der Waals surface area contributed by atoms with Gasteiger partial charge in [-0.1, -0.05) is 0 Å². The third-order valence-electron chi connectivity index (χ3n) is 2.92. The maximum atomic E-state index is 11.1. The van der Waals surface area contributed by atoms with Crippen molar-refractivity contribution in [1.82, 2.24) is 0 Å². The summed E-state index contributed by atoms with van der Waals surface area (Å²) >= 11 is 0. The second-order valence-electron chi connectivity index (χ2n) is 3.93. The zero-order chi connectivity index (χ0) is 12.0. The molecule has 1 aliphatic carbocycles. The molecule has 0 amide bonds. The summed E-state index contributed by atoms with van der Waals surface area (Å²) in [5.41, 5.74) is 2.70. The molecular formula is C12H8N2O3. The molecule has 2 bridgehead atoms. The topological polar surface area (TPSA) is 75.7 Å². The number of aliphatic imine (C=N–C) groups is 1. The van der Waals surface area contributed by atoms with Gasteiger partial charge in [-0.3, -0.25) is 15.1 Å². The van der Waals surface area contributed by atoms with Crippen LogP contribution in [0.3, 0.4) is 0 Å². The van der Waals surface area contributed by atoms with Gasteiger partial charge in [0.2, 0.25) is 0 Å². The Balaban J connectivity index is 2.35. The summed E-state index contributed by atoms with van der Waals surface area (Å²) in [5.74, 6) is 0.110. The standard InChI is InChI=1S/C12H8N2O3/c15-8-1-2-9-10(6-8)7-3-4-13-11(5-7)12(9)14(16)17/h1-4,6,15H,5H2. The molecule has 17 heavy (non-hydrogen) atoms. The van der Waals surface area contributed by atoms with Gasteiger partial charge >= 0.3 is 0 Å². The van der Waals surface area contributed by atoms with Gasteiger partial charge in [0.25, 0.3) is 5.70 Å². The molecule has 2 aliphatic rings. The van der Waals surface area contributed by atoms with Crippen molar-refractivity contribution in [1.29, 1.82) is 0 Å². The molecule has 5 heteroatoms. The van der Waals surface area contributed by atoms with Gasteiger partial charge in [-0.25, -0.2) is 0 Å². The van der Waals surface area contributed by atoms with E-state index in [2.05, 4.69) is 4.99 Å². The van der Waals surface area contributed by atoms with Gasteiger partial charge in [0, 0.05) is 12.6 Å². The minimum absolute atomic E-state index is 0.0353. The lowest BCUT2D eigenvalue weighted by Crippen LogP contribution is -2.11. The molecule has 1 aromatic carbocycles. The highest BCUT2D eigenvalue weighted by Crippen LogP contribution is 2.41. The highest BCUT2D eigenvalue weighted by Gasteiger charge is 2.31. The lowest BCUT2D eigenvalue weighted by molar-refractivity contribution is -0.376. The molecule has 0 spiro atoms. The summed E-state index contributed by atoms with van der Waals surface area (Å²) in [4.78, 5) is 14.7. The predicted octanol–water partition coefficient (Wildman–Crippen LogP) is 2.21. The van der Waals surface area contributed by atoms with Crippen LogP contribution in [-0.2, 0) is 0 Å². The fourth-order valence-electron chi connectivity index (χ4n) is 2.20. The van der Waals surface area contributed by atoms with Crippen LogP contribution < -0.4 is 0 Å². The van der Waals surface area contributed by atoms with Crippen molar-refractivity contribution in [3.05, 3.63) is 51.2 Å². The first-order valence-corrected chi connectivity index (χ1v) is 5.11. The number of nitro groups is 1. The molecule has 0 saturated carbocycles. The van der Waals surface area contributed by atoms with E-state index in [-0.39, 0.29) is 11.4 Å². The van der Waals surface area contributed by atoms with Crippen LogP contribution in [0.25, 0.3) is 11.3 Å². The van der Waals surface area contributed by atoms with E-state index in [1.54, 1.807) is 18.3 Å². The van der Waals surface area contributed by atoms with Crippen LogP contribution in [0.1, 0.15) is 17.5 Å². The van der Waals surface area contributed by atoms with Gasteiger partial charge in [-0.15, -0.1) is 0 Å². The molecule has 5 nitrogen and oxygen atoms in total. The third-order valence-corrected chi connectivity index (χ3v) is 2.92. The largest absolute Gasteiger partial charge is 0.508 e. The first kappa shape index (κ1) is 9.77. The molecule has 0 aromatic heterocycles. The summed E-state index contributed by atoms with van der Waals surface area (Å²) in [7, 11) is 0. The van der Waals surface area contributed by atoms with Gasteiger partial charge in [0.1, 0.15) is 11.4 Å². The van der Waals surface area contributed by atoms with Gasteiger partial charge in [0.05, 0.1) is 10.5 Å². The minimum Gasteiger partial charge on any atom is -0.508 e. The maximum Gasteiger partial charge on any atom is 0.298 e. The van der Waals surface area contributed by atoms with Crippen molar-refractivity contribution < 1.29 is 10.0 Å². The maximum absolute atomic E-state index is 11.1. The van der Waals surface area contributed by atoms with E-state index < -0.39 is 4.92 Å². The number of phenols is 1. The molecule has 1 aliphatic heterocycles. The van der Waals surface area contributed by atoms with Crippen molar-refractivity contribution in [2.45, 2.75) is 6.42 Å². The summed E-state index contributed by atoms with van der Waals surface area (Å²) < 4.78 is 0. The minimum atomic E-state index is -0.412. The Labute approximate surface area is 96.6 Å². The van der Waals surface area contributed by atoms with Crippen LogP contribution in [0, 0.1) is 10.1 Å². The van der Waals surface area contributed by atoms with E-state index in [9.17, 15) is 15.2 Å². The first-order chi connectivity index (χ1) is 8.16. The summed E-state index contributed by atoms with van der Waals surface area (Å²) in [5, 5.41) is 20.6. The number of fused-ring (bicyclic) bond motifs is 4. The zero-order valence-corrected chi connectivity index (χ0v) is 8.75. The Bertz CT molecular complexity index is 627. The van der Waals surface area contributed by atoms with E-state index in [1.165, 1.54) is 6.07 Å². The Kier molecular flexibility index (Phi) is 1.89. The number of dihydropyridines is 1. The molecule has 0 atom stereocenters. The number of benzene rings is 1. The van der Waals surface area contributed by atoms with Crippen LogP contribution in [-0.4, -0.2) is 16.2 Å². The number of rotatable bonds is 1. The van der Waals surface area contributed by atoms with Crippen LogP contribution in [0.2, 0.25) is 0 Å². The Morgan fingerprint density at radius 1 is 1.35 bits per heavy atom. The monoisotopic (exact) mass is 228 g/mol. The van der Waals surface area contributed by atoms with Crippen molar-refractivity contribution in [3.8, 4) is 5.75 Å². The summed E-state index contributed by atoms with van der Waals surface area (Å²) in [6.45, 7) is 0. The van der Waals surface area contributed by atoms with E-state index >= 15 is 0 Å². The Morgan fingerprint density at radius 3 is 2.94 bits per heavy atom. The number of aromatic hydroxyl groups is 1. The van der Waals surface area contributed by atoms with Crippen LogP contribution >= 0.6 is 0 Å². The third kappa shape index (κ3) is 1.36. The number of allylic oxidation sites excluding steroid dienone is 2. The lowest BCUT2D eigenvalue weighted by Gasteiger charge is -2.20. The van der Waals surface area contributed by atoms with Crippen LogP contribution in [0.15, 0.2) is 35.0 Å². The molecule has 0 saturated heterocycles. The average molecular weight is 228 g/mol. The van der Waals surface area contributed by atoms with Crippen molar-refractivity contribution in [3.63, 3.8) is 0 Å². The fourth-order valence-corrected chi connectivity index (χ4v) is 2.20. The quantitative estimate of drug-likeness (QED) is 0.591. The smallest absolute Gasteiger partial charge is 0.298 e. The molecule has 1 N–H and O–H groups in total. The number of phenolic OH excluding ortho intramolecular Hbond substituents is 1. The van der Waals surface area contributed by atoms with E-state index in [0.29, 0.717) is 23.2 Å². The normalized spacial score (nSPS) is 16.6. The van der Waals surface area contributed by atoms with Gasteiger partial charge in [0.15, 0.2) is 0 Å². The zero-order valence-electron chi connectivity index (χ0n) is 8.75. The average Bonchev–Trinajstić information content (AvgIpc) is 2.30. The Hall–Kier alpha value is -2.43. The number of hydrogen-bond donors (Lipinski definition) is 1. The Morgan fingerprint density at radius 2 is 2.18 bits per heavy atom. The van der Waals surface area contributed by atoms with Crippen LogP contribution in [0.5, 0.6) is 5.75 Å². The fraction of sp³-hybridized carbons (Fsp3) is 0.0833. The first-order valence-electron chi connectivity index (χ1n) is 5.11. The van der Waals surface area contributed by atoms with E-state index in [4.69, 9.17) is 0 Å². The molecule has 1 aromatic rings. The van der Waals surface area contributed by atoms with Crippen molar-refractivity contribution in [2.24, 2.45) is 4.99 Å². The van der Waals surface area contributed by atoms with Crippen molar-refractivity contribution >= 4 is 17.5 Å². The van der Waals surface area contributed by atoms with E-state index in [0.717, 1.165) is 5.57 Å². The second-order valence-corrected chi connectivity index (χ2v) is 3.93. The lowest BCUT2D eigenvalue weighted by atomic mass is 9.87. The van der Waals surface area contributed by atoms with Gasteiger partial charge < -0.3 is 5.11 Å². The van der Waals surface area contributed by atoms with Gasteiger partial charge in [-0.05, 0) is 35.4 Å². The van der Waals surface area contributed by atoms with Crippen molar-refractivity contribution in [2.75, 3.05) is 0 Å². The molecule has 0 fully saturated rings.